The molecular weight excluding hydrogens is 438 g/mol. The first kappa shape index (κ1) is 24.5. The second kappa shape index (κ2) is 9.23. The number of ether oxygens (including phenoxy) is 1. The van der Waals surface area contributed by atoms with Crippen LogP contribution in [0.4, 0.5) is 8.78 Å². The fourth-order valence-corrected chi connectivity index (χ4v) is 5.14. The number of imidazole rings is 1. The van der Waals surface area contributed by atoms with E-state index < -0.39 is 11.6 Å². The van der Waals surface area contributed by atoms with E-state index in [1.807, 2.05) is 33.0 Å². The Kier molecular flexibility index (Phi) is 6.66. The molecule has 2 aromatic heterocycles. The van der Waals surface area contributed by atoms with Crippen LogP contribution in [0.5, 0.6) is 0 Å². The molecule has 0 N–H and O–H groups in total. The Bertz CT molecular complexity index is 1230. The predicted octanol–water partition coefficient (Wildman–Crippen LogP) is 4.47. The number of hydrogen-bond acceptors (Lipinski definition) is 4. The van der Waals surface area contributed by atoms with E-state index >= 15 is 0 Å². The molecule has 34 heavy (non-hydrogen) atoms. The van der Waals surface area contributed by atoms with Crippen molar-refractivity contribution in [2.75, 3.05) is 26.3 Å². The van der Waals surface area contributed by atoms with E-state index in [-0.39, 0.29) is 16.6 Å². The first-order chi connectivity index (χ1) is 16.1. The molecule has 0 amide bonds. The van der Waals surface area contributed by atoms with Gasteiger partial charge in [-0.1, -0.05) is 6.07 Å². The van der Waals surface area contributed by atoms with E-state index in [2.05, 4.69) is 29.8 Å². The highest BCUT2D eigenvalue weighted by molar-refractivity contribution is 5.76. The first-order valence-electron chi connectivity index (χ1n) is 12.0. The fraction of sp³-hybridized carbons (Fsp3) is 0.538. The summed E-state index contributed by atoms with van der Waals surface area (Å²) in [7, 11) is 0. The standard InChI is InChI=1S/C26H34F2N4O2/c1-6-31-22-12-20(27)21(28)13-23(22)32(24(31)33)16-26(17-34-7-2)10-11-30(15-26)25(4,5)19-9-8-18(3)29-14-19/h8-9,12-14H,6-7,10-11,15-17H2,1-5H3/t26-/m0/s1. The summed E-state index contributed by atoms with van der Waals surface area (Å²) in [4.78, 5) is 20.2. The van der Waals surface area contributed by atoms with E-state index in [1.54, 1.807) is 4.57 Å². The Morgan fingerprint density at radius 1 is 1.12 bits per heavy atom. The molecule has 3 aromatic rings. The molecule has 1 aliphatic rings. The van der Waals surface area contributed by atoms with Crippen LogP contribution in [-0.4, -0.2) is 45.3 Å². The molecule has 0 spiro atoms. The molecule has 0 bridgehead atoms. The molecule has 184 valence electrons. The zero-order valence-corrected chi connectivity index (χ0v) is 20.7. The molecule has 8 heteroatoms. The van der Waals surface area contributed by atoms with E-state index in [1.165, 1.54) is 4.57 Å². The van der Waals surface area contributed by atoms with Crippen molar-refractivity contribution < 1.29 is 13.5 Å². The smallest absolute Gasteiger partial charge is 0.329 e. The summed E-state index contributed by atoms with van der Waals surface area (Å²) >= 11 is 0. The Balaban J connectivity index is 1.72. The lowest BCUT2D eigenvalue weighted by atomic mass is 9.87. The van der Waals surface area contributed by atoms with Crippen LogP contribution in [0.3, 0.4) is 0 Å². The lowest BCUT2D eigenvalue weighted by Gasteiger charge is -2.38. The second-order valence-corrected chi connectivity index (χ2v) is 9.92. The van der Waals surface area contributed by atoms with Gasteiger partial charge in [-0.25, -0.2) is 13.6 Å². The van der Waals surface area contributed by atoms with Crippen molar-refractivity contribution >= 4 is 11.0 Å². The third-order valence-electron chi connectivity index (χ3n) is 7.33. The van der Waals surface area contributed by atoms with Gasteiger partial charge < -0.3 is 4.74 Å². The summed E-state index contributed by atoms with van der Waals surface area (Å²) in [6, 6.07) is 6.39. The van der Waals surface area contributed by atoms with Crippen molar-refractivity contribution in [3.05, 3.63) is 63.8 Å². The number of hydrogen-bond donors (Lipinski definition) is 0. The van der Waals surface area contributed by atoms with Gasteiger partial charge in [-0.2, -0.15) is 0 Å². The van der Waals surface area contributed by atoms with Crippen LogP contribution >= 0.6 is 0 Å². The van der Waals surface area contributed by atoms with E-state index in [9.17, 15) is 13.6 Å². The van der Waals surface area contributed by atoms with Crippen LogP contribution in [0.2, 0.25) is 0 Å². The maximum absolute atomic E-state index is 14.2. The van der Waals surface area contributed by atoms with Crippen molar-refractivity contribution in [3.8, 4) is 0 Å². The maximum atomic E-state index is 14.2. The van der Waals surface area contributed by atoms with Crippen molar-refractivity contribution in [3.63, 3.8) is 0 Å². The molecule has 0 unspecified atom stereocenters. The summed E-state index contributed by atoms with van der Waals surface area (Å²) in [6.45, 7) is 13.5. The molecule has 0 radical (unpaired) electrons. The average Bonchev–Trinajstić information content (AvgIpc) is 3.34. The lowest BCUT2D eigenvalue weighted by Crippen LogP contribution is -2.44. The number of pyridine rings is 1. The highest BCUT2D eigenvalue weighted by Crippen LogP contribution is 2.40. The van der Waals surface area contributed by atoms with E-state index in [0.29, 0.717) is 43.9 Å². The summed E-state index contributed by atoms with van der Waals surface area (Å²) in [5.74, 6) is -1.90. The molecule has 1 aliphatic heterocycles. The number of benzene rings is 1. The minimum absolute atomic E-state index is 0.251. The van der Waals surface area contributed by atoms with Crippen molar-refractivity contribution in [1.29, 1.82) is 0 Å². The maximum Gasteiger partial charge on any atom is 0.329 e. The van der Waals surface area contributed by atoms with Gasteiger partial charge in [0.25, 0.3) is 0 Å². The van der Waals surface area contributed by atoms with Crippen molar-refractivity contribution in [1.82, 2.24) is 19.0 Å². The van der Waals surface area contributed by atoms with Gasteiger partial charge in [-0.15, -0.1) is 0 Å². The molecule has 1 atom stereocenters. The van der Waals surface area contributed by atoms with Gasteiger partial charge in [-0.3, -0.25) is 19.0 Å². The predicted molar refractivity (Wildman–Crippen MR) is 129 cm³/mol. The van der Waals surface area contributed by atoms with Crippen LogP contribution in [0, 0.1) is 24.0 Å². The third kappa shape index (κ3) is 4.29. The summed E-state index contributed by atoms with van der Waals surface area (Å²) in [5, 5.41) is 0. The molecule has 3 heterocycles. The van der Waals surface area contributed by atoms with Gasteiger partial charge in [-0.05, 0) is 59.2 Å². The summed E-state index contributed by atoms with van der Waals surface area (Å²) < 4.78 is 37.2. The molecule has 0 aliphatic carbocycles. The van der Waals surface area contributed by atoms with Crippen LogP contribution in [0.15, 0.2) is 35.3 Å². The zero-order valence-electron chi connectivity index (χ0n) is 20.7. The van der Waals surface area contributed by atoms with Gasteiger partial charge in [0, 0.05) is 61.2 Å². The zero-order chi connectivity index (χ0) is 24.7. The third-order valence-corrected chi connectivity index (χ3v) is 7.33. The number of aryl methyl sites for hydroxylation is 2. The molecule has 4 rings (SSSR count). The summed E-state index contributed by atoms with van der Waals surface area (Å²) in [6.07, 6.45) is 2.75. The van der Waals surface area contributed by atoms with Crippen LogP contribution < -0.4 is 5.69 Å². The number of aromatic nitrogens is 3. The van der Waals surface area contributed by atoms with Gasteiger partial charge >= 0.3 is 5.69 Å². The molecule has 0 saturated carbocycles. The van der Waals surface area contributed by atoms with Crippen molar-refractivity contribution in [2.24, 2.45) is 5.41 Å². The van der Waals surface area contributed by atoms with E-state index in [0.717, 1.165) is 36.4 Å². The Hall–Kier alpha value is -2.58. The number of nitrogens with zero attached hydrogens (tertiary/aromatic N) is 4. The highest BCUT2D eigenvalue weighted by Gasteiger charge is 2.44. The first-order valence-corrected chi connectivity index (χ1v) is 12.0. The molecule has 1 saturated heterocycles. The minimum atomic E-state index is -0.950. The van der Waals surface area contributed by atoms with Crippen molar-refractivity contribution in [2.45, 2.75) is 59.7 Å². The SMILES string of the molecule is CCOC[C@@]1(Cn2c(=O)n(CC)c3cc(F)c(F)cc32)CCN(C(C)(C)c2ccc(C)nc2)C1. The monoisotopic (exact) mass is 472 g/mol. The van der Waals surface area contributed by atoms with Gasteiger partial charge in [0.05, 0.1) is 17.6 Å². The van der Waals surface area contributed by atoms with E-state index in [4.69, 9.17) is 4.74 Å². The van der Waals surface area contributed by atoms with Crippen LogP contribution in [0.25, 0.3) is 11.0 Å². The Morgan fingerprint density at radius 3 is 2.38 bits per heavy atom. The second-order valence-electron chi connectivity index (χ2n) is 9.92. The lowest BCUT2D eigenvalue weighted by molar-refractivity contribution is 0.0333. The number of halogens is 2. The van der Waals surface area contributed by atoms with Gasteiger partial charge in [0.2, 0.25) is 0 Å². The molecule has 6 nitrogen and oxygen atoms in total. The normalized spacial score (nSPS) is 19.4. The highest BCUT2D eigenvalue weighted by atomic mass is 19.2. The topological polar surface area (TPSA) is 52.3 Å². The number of fused-ring (bicyclic) bond motifs is 1. The average molecular weight is 473 g/mol. The quantitative estimate of drug-likeness (QED) is 0.486. The Morgan fingerprint density at radius 2 is 1.79 bits per heavy atom. The molecular formula is C26H34F2N4O2. The number of likely N-dealkylation sites (tertiary alicyclic amines) is 1. The van der Waals surface area contributed by atoms with Crippen LogP contribution in [-0.2, 0) is 23.4 Å². The molecule has 1 aromatic carbocycles. The largest absolute Gasteiger partial charge is 0.381 e. The van der Waals surface area contributed by atoms with Crippen LogP contribution in [0.1, 0.15) is 45.4 Å². The summed E-state index contributed by atoms with van der Waals surface area (Å²) in [5.41, 5.74) is 2.09. The van der Waals surface area contributed by atoms with Gasteiger partial charge in [0.1, 0.15) is 0 Å². The minimum Gasteiger partial charge on any atom is -0.381 e. The fourth-order valence-electron chi connectivity index (χ4n) is 5.14. The van der Waals surface area contributed by atoms with Gasteiger partial charge in [0.15, 0.2) is 11.6 Å². The molecule has 1 fully saturated rings. The Labute approximate surface area is 199 Å². The number of rotatable bonds is 8.